The maximum absolute atomic E-state index is 12.5. The highest BCUT2D eigenvalue weighted by atomic mass is 35.5. The predicted octanol–water partition coefficient (Wildman–Crippen LogP) is 4.45. The Labute approximate surface area is 187 Å². The van der Waals surface area contributed by atoms with Crippen LogP contribution in [0.25, 0.3) is 6.08 Å². The molecule has 2 aliphatic heterocycles. The summed E-state index contributed by atoms with van der Waals surface area (Å²) in [5.74, 6) is 0.276. The number of hydrogen-bond donors (Lipinski definition) is 1. The van der Waals surface area contributed by atoms with Gasteiger partial charge in [-0.25, -0.2) is 0 Å². The van der Waals surface area contributed by atoms with Gasteiger partial charge in [0.15, 0.2) is 6.61 Å². The van der Waals surface area contributed by atoms with Crippen LogP contribution in [0, 0.1) is 0 Å². The van der Waals surface area contributed by atoms with E-state index in [0.717, 1.165) is 11.1 Å². The quantitative estimate of drug-likeness (QED) is 0.534. The molecule has 1 N–H and O–H groups in total. The maximum Gasteiger partial charge on any atom is 0.265 e. The first-order chi connectivity index (χ1) is 13.9. The lowest BCUT2D eigenvalue weighted by Crippen LogP contribution is -2.40. The first-order valence-corrected chi connectivity index (χ1v) is 10.6. The number of benzene rings is 2. The number of nitrogens with zero attached hydrogens (tertiary/aromatic N) is 1. The summed E-state index contributed by atoms with van der Waals surface area (Å²) in [6.45, 7) is 0.452. The van der Waals surface area contributed by atoms with Crippen LogP contribution in [0.5, 0.6) is 5.75 Å². The maximum atomic E-state index is 12.5. The molecule has 2 aromatic carbocycles. The molecule has 2 heterocycles. The molecule has 0 unspecified atom stereocenters. The van der Waals surface area contributed by atoms with Crippen LogP contribution in [0.15, 0.2) is 41.3 Å². The molecule has 0 aromatic heterocycles. The standard InChI is InChI=1S/C20H14Cl2N2O3S2/c21-13-3-1-11(7-14(13)22)5-6-24-15-8-12(2-4-16(15)27-10-18(24)25)9-17-19(26)23-20(28)29-17/h1-4,7-9H,5-6,10H2,(H,23,26,28). The predicted molar refractivity (Wildman–Crippen MR) is 121 cm³/mol. The monoisotopic (exact) mass is 464 g/mol. The van der Waals surface area contributed by atoms with Gasteiger partial charge in [0.25, 0.3) is 11.8 Å². The second-order valence-electron chi connectivity index (χ2n) is 6.41. The van der Waals surface area contributed by atoms with Crippen molar-refractivity contribution in [2.24, 2.45) is 0 Å². The molecule has 0 aliphatic carbocycles. The Balaban J connectivity index is 1.59. The first-order valence-electron chi connectivity index (χ1n) is 8.67. The van der Waals surface area contributed by atoms with Crippen molar-refractivity contribution < 1.29 is 14.3 Å². The van der Waals surface area contributed by atoms with Crippen molar-refractivity contribution in [2.45, 2.75) is 6.42 Å². The van der Waals surface area contributed by atoms with Gasteiger partial charge in [0.05, 0.1) is 20.6 Å². The Bertz CT molecular complexity index is 1070. The van der Waals surface area contributed by atoms with Crippen LogP contribution in [0.2, 0.25) is 10.0 Å². The summed E-state index contributed by atoms with van der Waals surface area (Å²) in [4.78, 5) is 26.6. The van der Waals surface area contributed by atoms with Crippen molar-refractivity contribution in [1.29, 1.82) is 0 Å². The van der Waals surface area contributed by atoms with Gasteiger partial charge in [-0.15, -0.1) is 0 Å². The molecular weight excluding hydrogens is 451 g/mol. The van der Waals surface area contributed by atoms with E-state index in [1.54, 1.807) is 29.2 Å². The second kappa shape index (κ2) is 8.36. The minimum atomic E-state index is -0.221. The van der Waals surface area contributed by atoms with Crippen LogP contribution >= 0.6 is 47.2 Å². The molecule has 0 atom stereocenters. The van der Waals surface area contributed by atoms with Crippen molar-refractivity contribution in [3.63, 3.8) is 0 Å². The summed E-state index contributed by atoms with van der Waals surface area (Å²) < 4.78 is 5.99. The number of rotatable bonds is 4. The number of carbonyl (C=O) groups excluding carboxylic acids is 2. The third-order valence-corrected chi connectivity index (χ3v) is 6.38. The lowest BCUT2D eigenvalue weighted by Gasteiger charge is -2.29. The zero-order valence-electron chi connectivity index (χ0n) is 14.9. The number of thioether (sulfide) groups is 1. The van der Waals surface area contributed by atoms with Crippen molar-refractivity contribution in [3.8, 4) is 5.75 Å². The smallest absolute Gasteiger partial charge is 0.265 e. The number of carbonyl (C=O) groups is 2. The lowest BCUT2D eigenvalue weighted by molar-refractivity contribution is -0.121. The fourth-order valence-electron chi connectivity index (χ4n) is 3.06. The molecule has 9 heteroatoms. The molecule has 0 bridgehead atoms. The highest BCUT2D eigenvalue weighted by molar-refractivity contribution is 8.26. The van der Waals surface area contributed by atoms with E-state index in [1.165, 1.54) is 11.8 Å². The van der Waals surface area contributed by atoms with Crippen LogP contribution < -0.4 is 15.0 Å². The van der Waals surface area contributed by atoms with Gasteiger partial charge < -0.3 is 15.0 Å². The van der Waals surface area contributed by atoms with E-state index < -0.39 is 0 Å². The van der Waals surface area contributed by atoms with Gasteiger partial charge in [0.1, 0.15) is 10.1 Å². The number of halogens is 2. The normalized spacial score (nSPS) is 17.4. The SMILES string of the molecule is O=C1NC(=S)SC1=Cc1ccc2c(c1)N(CCc1ccc(Cl)c(Cl)c1)C(=O)CO2. The van der Waals surface area contributed by atoms with Gasteiger partial charge in [-0.3, -0.25) is 9.59 Å². The van der Waals surface area contributed by atoms with E-state index in [-0.39, 0.29) is 18.4 Å². The van der Waals surface area contributed by atoms with Gasteiger partial charge in [0, 0.05) is 6.54 Å². The highest BCUT2D eigenvalue weighted by Crippen LogP contribution is 2.35. The molecule has 148 valence electrons. The van der Waals surface area contributed by atoms with Gasteiger partial charge in [-0.2, -0.15) is 0 Å². The fraction of sp³-hybridized carbons (Fsp3) is 0.150. The van der Waals surface area contributed by atoms with E-state index in [0.29, 0.717) is 43.7 Å². The molecule has 0 saturated carbocycles. The van der Waals surface area contributed by atoms with Crippen molar-refractivity contribution in [1.82, 2.24) is 5.32 Å². The Morgan fingerprint density at radius 1 is 1.17 bits per heavy atom. The average molecular weight is 465 g/mol. The molecule has 2 amide bonds. The number of fused-ring (bicyclic) bond motifs is 1. The van der Waals surface area contributed by atoms with Gasteiger partial charge in [0.2, 0.25) is 0 Å². The molecule has 1 fully saturated rings. The molecule has 1 saturated heterocycles. The topological polar surface area (TPSA) is 58.6 Å². The van der Waals surface area contributed by atoms with Gasteiger partial charge in [-0.05, 0) is 47.9 Å². The van der Waals surface area contributed by atoms with E-state index in [4.69, 9.17) is 40.2 Å². The van der Waals surface area contributed by atoms with Crippen LogP contribution in [-0.4, -0.2) is 29.3 Å². The third kappa shape index (κ3) is 4.43. The Kier molecular flexibility index (Phi) is 5.83. The Hall–Kier alpha value is -2.06. The molecule has 4 rings (SSSR count). The fourth-order valence-corrected chi connectivity index (χ4v) is 4.43. The van der Waals surface area contributed by atoms with Crippen molar-refractivity contribution in [3.05, 3.63) is 62.5 Å². The first kappa shape index (κ1) is 20.2. The van der Waals surface area contributed by atoms with Crippen LogP contribution in [0.3, 0.4) is 0 Å². The number of amides is 2. The summed E-state index contributed by atoms with van der Waals surface area (Å²) in [6.07, 6.45) is 2.36. The number of nitrogens with one attached hydrogen (secondary N) is 1. The van der Waals surface area contributed by atoms with E-state index in [2.05, 4.69) is 5.32 Å². The summed E-state index contributed by atoms with van der Waals surface area (Å²) in [5.41, 5.74) is 2.43. The molecule has 2 aliphatic rings. The zero-order chi connectivity index (χ0) is 20.5. The summed E-state index contributed by atoms with van der Waals surface area (Å²) in [5, 5.41) is 3.57. The second-order valence-corrected chi connectivity index (χ2v) is 8.95. The molecule has 5 nitrogen and oxygen atoms in total. The third-order valence-electron chi connectivity index (χ3n) is 4.47. The number of thiocarbonyl (C=S) groups is 1. The summed E-state index contributed by atoms with van der Waals surface area (Å²) in [6, 6.07) is 10.9. The Morgan fingerprint density at radius 3 is 2.72 bits per heavy atom. The van der Waals surface area contributed by atoms with Crippen LogP contribution in [0.1, 0.15) is 11.1 Å². The van der Waals surface area contributed by atoms with E-state index >= 15 is 0 Å². The minimum Gasteiger partial charge on any atom is -0.482 e. The minimum absolute atomic E-state index is 0.0126. The summed E-state index contributed by atoms with van der Waals surface area (Å²) >= 11 is 18.3. The van der Waals surface area contributed by atoms with Crippen LogP contribution in [-0.2, 0) is 16.0 Å². The molecule has 0 spiro atoms. The number of ether oxygens (including phenoxy) is 1. The van der Waals surface area contributed by atoms with E-state index in [1.807, 2.05) is 18.2 Å². The molecule has 0 radical (unpaired) electrons. The number of hydrogen-bond acceptors (Lipinski definition) is 5. The highest BCUT2D eigenvalue weighted by Gasteiger charge is 2.26. The number of anilines is 1. The Morgan fingerprint density at radius 2 is 2.00 bits per heavy atom. The molecular formula is C20H14Cl2N2O3S2. The van der Waals surface area contributed by atoms with Crippen molar-refractivity contribution >= 4 is 75.1 Å². The van der Waals surface area contributed by atoms with Crippen LogP contribution in [0.4, 0.5) is 5.69 Å². The van der Waals surface area contributed by atoms with Crippen molar-refractivity contribution in [2.75, 3.05) is 18.1 Å². The molecule has 2 aromatic rings. The largest absolute Gasteiger partial charge is 0.482 e. The average Bonchev–Trinajstić information content (AvgIpc) is 3.00. The lowest BCUT2D eigenvalue weighted by atomic mass is 10.1. The van der Waals surface area contributed by atoms with Gasteiger partial charge >= 0.3 is 0 Å². The zero-order valence-corrected chi connectivity index (χ0v) is 18.1. The molecule has 29 heavy (non-hydrogen) atoms. The van der Waals surface area contributed by atoms with Gasteiger partial charge in [-0.1, -0.05) is 59.3 Å². The van der Waals surface area contributed by atoms with E-state index in [9.17, 15) is 9.59 Å². The summed E-state index contributed by atoms with van der Waals surface area (Å²) in [7, 11) is 0.